The topological polar surface area (TPSA) is 9.23 Å². The fourth-order valence-electron chi connectivity index (χ4n) is 4.80. The van der Waals surface area contributed by atoms with E-state index < -0.39 is 0 Å². The molecule has 0 unspecified atom stereocenters. The van der Waals surface area contributed by atoms with E-state index in [1.807, 2.05) is 0 Å². The van der Waals surface area contributed by atoms with Gasteiger partial charge in [-0.1, -0.05) is 168 Å². The van der Waals surface area contributed by atoms with Crippen LogP contribution in [0, 0.1) is 0 Å². The molecule has 0 spiro atoms. The smallest absolute Gasteiger partial charge is 0.168 e. The van der Waals surface area contributed by atoms with E-state index in [-0.39, 0.29) is 0 Å². The molecule has 0 atom stereocenters. The number of unbranched alkanes of at least 4 members (excludes halogenated alkanes) is 24. The Balaban J connectivity index is 3.29. The Morgan fingerprint density at radius 2 is 0.543 bits per heavy atom. The van der Waals surface area contributed by atoms with Gasteiger partial charge < -0.3 is 4.74 Å². The maximum atomic E-state index is 5.73. The molecule has 0 rings (SSSR count). The van der Waals surface area contributed by atoms with E-state index in [1.165, 1.54) is 154 Å². The summed E-state index contributed by atoms with van der Waals surface area (Å²) in [5, 5.41) is 1.43. The molecule has 0 aromatic heterocycles. The van der Waals surface area contributed by atoms with Gasteiger partial charge in [-0.25, -0.2) is 0 Å². The molecule has 3 heteroatoms. The minimum atomic E-state index is 0.716. The average molecular weight is 527 g/mol. The second-order valence-corrected chi connectivity index (χ2v) is 11.7. The Bertz CT molecular complexity index is 409. The lowest BCUT2D eigenvalue weighted by Gasteiger charge is -2.08. The normalized spacial score (nSPS) is 11.1. The van der Waals surface area contributed by atoms with Gasteiger partial charge in [0.05, 0.1) is 0 Å². The van der Waals surface area contributed by atoms with Gasteiger partial charge in [-0.2, -0.15) is 0 Å². The van der Waals surface area contributed by atoms with Crippen LogP contribution in [0.4, 0.5) is 0 Å². The van der Waals surface area contributed by atoms with Crippen LogP contribution in [0.5, 0.6) is 0 Å². The maximum Gasteiger partial charge on any atom is 0.168 e. The summed E-state index contributed by atoms with van der Waals surface area (Å²) in [5.41, 5.74) is 0. The Kier molecular flexibility index (Phi) is 30.2. The summed E-state index contributed by atoms with van der Waals surface area (Å²) in [7, 11) is 0. The van der Waals surface area contributed by atoms with Crippen molar-refractivity contribution >= 4 is 34.5 Å². The van der Waals surface area contributed by atoms with Crippen LogP contribution in [-0.4, -0.2) is 10.1 Å². The molecule has 0 saturated heterocycles. The molecule has 35 heavy (non-hydrogen) atoms. The average Bonchev–Trinajstić information content (AvgIpc) is 2.85. The van der Waals surface area contributed by atoms with E-state index in [0.717, 1.165) is 25.7 Å². The SMILES string of the molecule is CCCCCCCCCCCCCCCC(=S)OC(=S)CCCCCCCCCCCCCCC. The predicted octanol–water partition coefficient (Wildman–Crippen LogP) is 12.6. The molecule has 0 bridgehead atoms. The second kappa shape index (κ2) is 30.2. The molecular weight excluding hydrogens is 464 g/mol. The quantitative estimate of drug-likeness (QED) is 0.0741. The molecule has 0 aliphatic rings. The van der Waals surface area contributed by atoms with Crippen molar-refractivity contribution < 1.29 is 4.74 Å². The van der Waals surface area contributed by atoms with Crippen molar-refractivity contribution in [2.75, 3.05) is 0 Å². The standard InChI is InChI=1S/C32H62OS2/c1-3-5-7-9-11-13-15-17-19-21-23-25-27-29-31(34)33-32(35)30-28-26-24-22-20-18-16-14-12-10-8-6-4-2/h3-30H2,1-2H3. The molecule has 0 aliphatic heterocycles. The summed E-state index contributed by atoms with van der Waals surface area (Å²) in [5.74, 6) is 0. The molecule has 0 heterocycles. The fraction of sp³-hybridized carbons (Fsp3) is 0.938. The van der Waals surface area contributed by atoms with Crippen LogP contribution in [-0.2, 0) is 4.74 Å². The molecule has 0 saturated carbocycles. The minimum Gasteiger partial charge on any atom is -0.443 e. The van der Waals surface area contributed by atoms with Crippen LogP contribution in [0.2, 0.25) is 0 Å². The monoisotopic (exact) mass is 526 g/mol. The Morgan fingerprint density at radius 1 is 0.343 bits per heavy atom. The van der Waals surface area contributed by atoms with Crippen LogP contribution >= 0.6 is 24.4 Å². The minimum absolute atomic E-state index is 0.716. The maximum absolute atomic E-state index is 5.73. The lowest BCUT2D eigenvalue weighted by Crippen LogP contribution is -2.08. The van der Waals surface area contributed by atoms with Gasteiger partial charge in [0.15, 0.2) is 10.1 Å². The number of ether oxygens (including phenoxy) is 1. The van der Waals surface area contributed by atoms with E-state index >= 15 is 0 Å². The van der Waals surface area contributed by atoms with Gasteiger partial charge in [0.25, 0.3) is 0 Å². The zero-order chi connectivity index (χ0) is 25.7. The van der Waals surface area contributed by atoms with E-state index in [4.69, 9.17) is 29.2 Å². The molecule has 0 radical (unpaired) electrons. The third kappa shape index (κ3) is 30.1. The van der Waals surface area contributed by atoms with Crippen molar-refractivity contribution in [3.05, 3.63) is 0 Å². The molecular formula is C32H62OS2. The summed E-state index contributed by atoms with van der Waals surface area (Å²) >= 11 is 10.8. The molecule has 0 aromatic carbocycles. The van der Waals surface area contributed by atoms with E-state index in [2.05, 4.69) is 13.8 Å². The van der Waals surface area contributed by atoms with Gasteiger partial charge in [-0.15, -0.1) is 0 Å². The fourth-order valence-corrected chi connectivity index (χ4v) is 5.35. The van der Waals surface area contributed by atoms with Crippen LogP contribution in [0.15, 0.2) is 0 Å². The Labute approximate surface area is 232 Å². The van der Waals surface area contributed by atoms with Crippen molar-refractivity contribution in [1.29, 1.82) is 0 Å². The molecule has 0 aromatic rings. The van der Waals surface area contributed by atoms with Crippen molar-refractivity contribution in [2.24, 2.45) is 0 Å². The first-order valence-corrected chi connectivity index (χ1v) is 16.8. The van der Waals surface area contributed by atoms with Gasteiger partial charge in [0.2, 0.25) is 0 Å². The van der Waals surface area contributed by atoms with Gasteiger partial charge in [0.1, 0.15) is 0 Å². The van der Waals surface area contributed by atoms with Crippen molar-refractivity contribution in [1.82, 2.24) is 0 Å². The number of thiocarbonyl (C=S) groups is 2. The van der Waals surface area contributed by atoms with Crippen LogP contribution in [0.25, 0.3) is 0 Å². The largest absolute Gasteiger partial charge is 0.443 e. The highest BCUT2D eigenvalue weighted by Crippen LogP contribution is 2.15. The summed E-state index contributed by atoms with van der Waals surface area (Å²) in [6.45, 7) is 4.58. The van der Waals surface area contributed by atoms with Gasteiger partial charge >= 0.3 is 0 Å². The molecule has 208 valence electrons. The summed E-state index contributed by atoms with van der Waals surface area (Å²) in [6.07, 6.45) is 37.6. The highest BCUT2D eigenvalue weighted by molar-refractivity contribution is 7.81. The van der Waals surface area contributed by atoms with Crippen molar-refractivity contribution in [3.8, 4) is 0 Å². The van der Waals surface area contributed by atoms with Gasteiger partial charge in [-0.05, 0) is 37.3 Å². The lowest BCUT2D eigenvalue weighted by molar-refractivity contribution is 0.509. The summed E-state index contributed by atoms with van der Waals surface area (Å²) in [6, 6.07) is 0. The predicted molar refractivity (Wildman–Crippen MR) is 167 cm³/mol. The van der Waals surface area contributed by atoms with E-state index in [1.54, 1.807) is 0 Å². The van der Waals surface area contributed by atoms with Crippen molar-refractivity contribution in [3.63, 3.8) is 0 Å². The molecule has 1 nitrogen and oxygen atoms in total. The van der Waals surface area contributed by atoms with E-state index in [0.29, 0.717) is 10.1 Å². The van der Waals surface area contributed by atoms with Crippen LogP contribution in [0.3, 0.4) is 0 Å². The molecule has 0 amide bonds. The number of hydrogen-bond donors (Lipinski definition) is 0. The van der Waals surface area contributed by atoms with Crippen molar-refractivity contribution in [2.45, 2.75) is 194 Å². The highest BCUT2D eigenvalue weighted by Gasteiger charge is 2.04. The first kappa shape index (κ1) is 35.0. The Morgan fingerprint density at radius 3 is 0.771 bits per heavy atom. The first-order chi connectivity index (χ1) is 17.2. The zero-order valence-corrected chi connectivity index (χ0v) is 25.7. The highest BCUT2D eigenvalue weighted by atomic mass is 32.1. The first-order valence-electron chi connectivity index (χ1n) is 15.9. The van der Waals surface area contributed by atoms with Gasteiger partial charge in [0, 0.05) is 12.8 Å². The van der Waals surface area contributed by atoms with E-state index in [9.17, 15) is 0 Å². The number of hydrogen-bond acceptors (Lipinski definition) is 3. The third-order valence-electron chi connectivity index (χ3n) is 7.20. The van der Waals surface area contributed by atoms with Gasteiger partial charge in [-0.3, -0.25) is 0 Å². The Hall–Kier alpha value is -0.0200. The second-order valence-electron chi connectivity index (χ2n) is 10.8. The molecule has 0 aliphatic carbocycles. The molecule has 0 N–H and O–H groups in total. The summed E-state index contributed by atoms with van der Waals surface area (Å²) < 4.78 is 5.73. The lowest BCUT2D eigenvalue weighted by atomic mass is 10.0. The zero-order valence-electron chi connectivity index (χ0n) is 24.0. The molecule has 0 fully saturated rings. The van der Waals surface area contributed by atoms with Crippen LogP contribution in [0.1, 0.15) is 194 Å². The number of rotatable bonds is 28. The van der Waals surface area contributed by atoms with Crippen LogP contribution < -0.4 is 0 Å². The third-order valence-corrected chi connectivity index (χ3v) is 7.77. The summed E-state index contributed by atoms with van der Waals surface area (Å²) in [4.78, 5) is 0.